The van der Waals surface area contributed by atoms with E-state index in [0.29, 0.717) is 64.7 Å². The molecule has 5 rings (SSSR count). The predicted molar refractivity (Wildman–Crippen MR) is 136 cm³/mol. The normalized spacial score (nSPS) is 20.0. The van der Waals surface area contributed by atoms with Gasteiger partial charge in [0.2, 0.25) is 0 Å². The van der Waals surface area contributed by atoms with Gasteiger partial charge in [-0.05, 0) is 60.7 Å². The van der Waals surface area contributed by atoms with E-state index in [2.05, 4.69) is 0 Å². The molecule has 6 nitrogen and oxygen atoms in total. The number of aliphatic hydroxyl groups excluding tert-OH is 1. The molecule has 0 bridgehead atoms. The van der Waals surface area contributed by atoms with E-state index in [4.69, 9.17) is 11.0 Å². The van der Waals surface area contributed by atoms with Crippen LogP contribution in [0.1, 0.15) is 34.5 Å². The maximum Gasteiger partial charge on any atom is 0.264 e. The van der Waals surface area contributed by atoms with E-state index in [-0.39, 0.29) is 17.5 Å². The number of anilines is 1. The average Bonchev–Trinajstić information content (AvgIpc) is 3.50. The van der Waals surface area contributed by atoms with Gasteiger partial charge in [0.15, 0.2) is 0 Å². The van der Waals surface area contributed by atoms with Crippen LogP contribution in [0, 0.1) is 23.0 Å². The fraction of sp³-hybridized carbons (Fsp3) is 0.333. The van der Waals surface area contributed by atoms with Crippen LogP contribution in [0.25, 0.3) is 21.6 Å². The summed E-state index contributed by atoms with van der Waals surface area (Å²) < 4.78 is 29.7. The van der Waals surface area contributed by atoms with E-state index in [0.717, 1.165) is 12.8 Å². The van der Waals surface area contributed by atoms with Crippen LogP contribution in [0.15, 0.2) is 42.5 Å². The number of nitrogens with two attached hydrogens (primary N) is 1. The highest BCUT2D eigenvalue weighted by Gasteiger charge is 2.27. The number of hydrogen-bond acceptors (Lipinski definition) is 6. The van der Waals surface area contributed by atoms with Gasteiger partial charge < -0.3 is 20.6 Å². The molecular formula is C27H26F2N4O2S. The Morgan fingerprint density at radius 2 is 1.83 bits per heavy atom. The van der Waals surface area contributed by atoms with Crippen LogP contribution in [0.3, 0.4) is 0 Å². The lowest BCUT2D eigenvalue weighted by Crippen LogP contribution is -2.45. The monoisotopic (exact) mass is 508 g/mol. The molecule has 0 radical (unpaired) electrons. The molecule has 186 valence electrons. The van der Waals surface area contributed by atoms with Gasteiger partial charge in [0.25, 0.3) is 5.91 Å². The zero-order chi connectivity index (χ0) is 25.4. The molecule has 2 aromatic carbocycles. The van der Waals surface area contributed by atoms with Crippen molar-refractivity contribution in [3.8, 4) is 27.6 Å². The van der Waals surface area contributed by atoms with Crippen molar-refractivity contribution in [2.75, 3.05) is 31.1 Å². The van der Waals surface area contributed by atoms with Gasteiger partial charge in [-0.25, -0.2) is 8.78 Å². The number of carbonyl (C=O) groups is 1. The molecule has 0 spiro atoms. The van der Waals surface area contributed by atoms with Crippen molar-refractivity contribution in [2.24, 2.45) is 5.73 Å². The Hall–Kier alpha value is -3.32. The van der Waals surface area contributed by atoms with Crippen LogP contribution in [0.2, 0.25) is 0 Å². The summed E-state index contributed by atoms with van der Waals surface area (Å²) in [5.74, 6) is -1.24. The Bertz CT molecular complexity index is 1350. The number of β-amino-alcohol motifs (C(OH)–C–C–N with tert-alkyl or cyclic N) is 1. The molecule has 2 saturated heterocycles. The first-order chi connectivity index (χ1) is 17.3. The van der Waals surface area contributed by atoms with Gasteiger partial charge in [0.05, 0.1) is 22.2 Å². The van der Waals surface area contributed by atoms with E-state index in [1.54, 1.807) is 29.2 Å². The van der Waals surface area contributed by atoms with E-state index in [1.165, 1.54) is 29.5 Å². The topological polar surface area (TPSA) is 93.6 Å². The summed E-state index contributed by atoms with van der Waals surface area (Å²) in [6.45, 7) is 2.04. The summed E-state index contributed by atoms with van der Waals surface area (Å²) in [6, 6.07) is 12.6. The standard InChI is InChI=1S/C27H26F2N4O2S/c28-22-10-16(3-4-18(22)13-30)21-12-25(27(35)33-8-1-2-19(31)14-33)36-26(21)17-5-6-24(23(29)11-17)32-9-7-20(34)15-32/h3-6,10-12,19-20,34H,1-2,7-9,14-15,31H2. The van der Waals surface area contributed by atoms with Crippen molar-refractivity contribution in [2.45, 2.75) is 31.4 Å². The van der Waals surface area contributed by atoms with Gasteiger partial charge in [-0.2, -0.15) is 5.26 Å². The van der Waals surface area contributed by atoms with Crippen LogP contribution in [-0.2, 0) is 0 Å². The average molecular weight is 509 g/mol. The number of aliphatic hydroxyl groups is 1. The molecule has 2 fully saturated rings. The first-order valence-corrected chi connectivity index (χ1v) is 12.8. The zero-order valence-electron chi connectivity index (χ0n) is 19.6. The molecule has 2 aliphatic heterocycles. The van der Waals surface area contributed by atoms with Crippen LogP contribution < -0.4 is 10.6 Å². The third-order valence-corrected chi connectivity index (χ3v) is 7.97. The number of carbonyl (C=O) groups excluding carboxylic acids is 1. The molecule has 1 amide bonds. The molecule has 2 unspecified atom stereocenters. The van der Waals surface area contributed by atoms with Gasteiger partial charge in [-0.3, -0.25) is 4.79 Å². The van der Waals surface area contributed by atoms with Gasteiger partial charge in [-0.1, -0.05) is 12.1 Å². The number of piperidine rings is 1. The highest BCUT2D eigenvalue weighted by atomic mass is 32.1. The summed E-state index contributed by atoms with van der Waals surface area (Å²) in [5, 5.41) is 18.9. The molecule has 9 heteroatoms. The van der Waals surface area contributed by atoms with Gasteiger partial charge in [-0.15, -0.1) is 11.3 Å². The number of benzene rings is 2. The highest BCUT2D eigenvalue weighted by Crippen LogP contribution is 2.41. The van der Waals surface area contributed by atoms with E-state index in [9.17, 15) is 14.3 Å². The second-order valence-corrected chi connectivity index (χ2v) is 10.4. The third-order valence-electron chi connectivity index (χ3n) is 6.80. The largest absolute Gasteiger partial charge is 0.391 e. The second-order valence-electron chi connectivity index (χ2n) is 9.37. The van der Waals surface area contributed by atoms with E-state index >= 15 is 4.39 Å². The van der Waals surface area contributed by atoms with Crippen LogP contribution in [0.4, 0.5) is 14.5 Å². The minimum atomic E-state index is -0.656. The van der Waals surface area contributed by atoms with Gasteiger partial charge in [0, 0.05) is 42.7 Å². The van der Waals surface area contributed by atoms with Crippen LogP contribution in [0.5, 0.6) is 0 Å². The minimum Gasteiger partial charge on any atom is -0.391 e. The molecule has 0 aliphatic carbocycles. The fourth-order valence-corrected chi connectivity index (χ4v) is 6.06. The Labute approximate surface area is 212 Å². The molecule has 3 aromatic rings. The maximum atomic E-state index is 15.2. The van der Waals surface area contributed by atoms with Crippen molar-refractivity contribution in [3.05, 3.63) is 64.5 Å². The molecule has 36 heavy (non-hydrogen) atoms. The smallest absolute Gasteiger partial charge is 0.264 e. The number of nitrogens with zero attached hydrogens (tertiary/aromatic N) is 3. The summed E-state index contributed by atoms with van der Waals surface area (Å²) >= 11 is 1.23. The Kier molecular flexibility index (Phi) is 6.75. The zero-order valence-corrected chi connectivity index (χ0v) is 20.4. The van der Waals surface area contributed by atoms with Gasteiger partial charge in [0.1, 0.15) is 17.7 Å². The molecular weight excluding hydrogens is 482 g/mol. The maximum absolute atomic E-state index is 15.2. The molecule has 2 aliphatic rings. The number of likely N-dealkylation sites (tertiary alicyclic amines) is 1. The lowest BCUT2D eigenvalue weighted by atomic mass is 10.00. The lowest BCUT2D eigenvalue weighted by Gasteiger charge is -2.30. The number of halogens is 2. The van der Waals surface area contributed by atoms with Crippen LogP contribution in [-0.4, -0.2) is 54.2 Å². The molecule has 3 heterocycles. The Morgan fingerprint density at radius 3 is 2.50 bits per heavy atom. The molecule has 0 saturated carbocycles. The lowest BCUT2D eigenvalue weighted by molar-refractivity contribution is 0.0713. The first kappa shape index (κ1) is 24.4. The van der Waals surface area contributed by atoms with Crippen molar-refractivity contribution in [1.29, 1.82) is 5.26 Å². The SMILES string of the molecule is N#Cc1ccc(-c2cc(C(=O)N3CCCC(N)C3)sc2-c2ccc(N3CCC(O)C3)c(F)c2)cc1F. The fourth-order valence-electron chi connectivity index (χ4n) is 4.91. The third kappa shape index (κ3) is 4.72. The van der Waals surface area contributed by atoms with Gasteiger partial charge >= 0.3 is 0 Å². The van der Waals surface area contributed by atoms with Crippen molar-refractivity contribution in [3.63, 3.8) is 0 Å². The molecule has 2 atom stereocenters. The summed E-state index contributed by atoms with van der Waals surface area (Å²) in [4.78, 5) is 18.0. The Morgan fingerprint density at radius 1 is 1.06 bits per heavy atom. The number of rotatable bonds is 4. The summed E-state index contributed by atoms with van der Waals surface area (Å²) in [5.41, 5.74) is 8.07. The Balaban J connectivity index is 1.56. The molecule has 1 aromatic heterocycles. The molecule has 3 N–H and O–H groups in total. The second kappa shape index (κ2) is 9.97. The number of amides is 1. The predicted octanol–water partition coefficient (Wildman–Crippen LogP) is 4.37. The van der Waals surface area contributed by atoms with E-state index < -0.39 is 17.7 Å². The number of hydrogen-bond donors (Lipinski definition) is 2. The number of thiophene rings is 1. The minimum absolute atomic E-state index is 0.0695. The highest BCUT2D eigenvalue weighted by molar-refractivity contribution is 7.18. The summed E-state index contributed by atoms with van der Waals surface area (Å²) in [7, 11) is 0. The quantitative estimate of drug-likeness (QED) is 0.546. The number of nitriles is 1. The first-order valence-electron chi connectivity index (χ1n) is 12.0. The summed E-state index contributed by atoms with van der Waals surface area (Å²) in [6.07, 6.45) is 1.81. The van der Waals surface area contributed by atoms with Crippen molar-refractivity contribution in [1.82, 2.24) is 4.90 Å². The van der Waals surface area contributed by atoms with Crippen molar-refractivity contribution >= 4 is 22.9 Å². The van der Waals surface area contributed by atoms with E-state index in [1.807, 2.05) is 11.0 Å². The van der Waals surface area contributed by atoms with Crippen LogP contribution >= 0.6 is 11.3 Å². The van der Waals surface area contributed by atoms with Crippen molar-refractivity contribution < 1.29 is 18.7 Å².